The standard InChI is InChI=1S/C8H8N2O2/c1-12-7-4-9-3-6-5(7)2-8(11)10-6/h2-4,10-11H,1H3. The molecule has 2 aromatic heterocycles. The highest BCUT2D eigenvalue weighted by molar-refractivity contribution is 5.86. The zero-order valence-corrected chi connectivity index (χ0v) is 6.53. The van der Waals surface area contributed by atoms with Crippen molar-refractivity contribution in [1.29, 1.82) is 0 Å². The maximum Gasteiger partial charge on any atom is 0.189 e. The second-order valence-electron chi connectivity index (χ2n) is 2.46. The Morgan fingerprint density at radius 2 is 2.33 bits per heavy atom. The zero-order chi connectivity index (χ0) is 8.55. The van der Waals surface area contributed by atoms with Gasteiger partial charge in [0.25, 0.3) is 0 Å². The summed E-state index contributed by atoms with van der Waals surface area (Å²) >= 11 is 0. The summed E-state index contributed by atoms with van der Waals surface area (Å²) < 4.78 is 5.05. The van der Waals surface area contributed by atoms with E-state index in [0.717, 1.165) is 10.9 Å². The summed E-state index contributed by atoms with van der Waals surface area (Å²) in [6.07, 6.45) is 3.24. The van der Waals surface area contributed by atoms with Crippen LogP contribution in [0, 0.1) is 0 Å². The van der Waals surface area contributed by atoms with Crippen molar-refractivity contribution in [2.75, 3.05) is 7.11 Å². The van der Waals surface area contributed by atoms with Crippen molar-refractivity contribution in [1.82, 2.24) is 9.97 Å². The number of nitrogens with zero attached hydrogens (tertiary/aromatic N) is 1. The molecule has 0 aliphatic heterocycles. The number of aromatic hydroxyl groups is 1. The maximum atomic E-state index is 9.14. The number of ether oxygens (including phenoxy) is 1. The van der Waals surface area contributed by atoms with Gasteiger partial charge in [0.15, 0.2) is 5.88 Å². The van der Waals surface area contributed by atoms with E-state index in [2.05, 4.69) is 9.97 Å². The average Bonchev–Trinajstić information content (AvgIpc) is 2.44. The summed E-state index contributed by atoms with van der Waals surface area (Å²) in [5, 5.41) is 9.98. The molecular weight excluding hydrogens is 156 g/mol. The lowest BCUT2D eigenvalue weighted by Gasteiger charge is -1.98. The molecule has 0 aliphatic rings. The smallest absolute Gasteiger partial charge is 0.189 e. The van der Waals surface area contributed by atoms with Crippen LogP contribution in [0.25, 0.3) is 10.9 Å². The molecule has 2 N–H and O–H groups in total. The molecule has 62 valence electrons. The number of methoxy groups -OCH3 is 1. The molecule has 0 amide bonds. The van der Waals surface area contributed by atoms with Gasteiger partial charge in [0.1, 0.15) is 5.75 Å². The van der Waals surface area contributed by atoms with Crippen LogP contribution >= 0.6 is 0 Å². The van der Waals surface area contributed by atoms with Crippen LogP contribution in [0.4, 0.5) is 0 Å². The molecule has 0 fully saturated rings. The molecule has 0 atom stereocenters. The first-order valence-electron chi connectivity index (χ1n) is 3.51. The Balaban J connectivity index is 2.78. The number of hydrogen-bond donors (Lipinski definition) is 2. The van der Waals surface area contributed by atoms with E-state index >= 15 is 0 Å². The number of aromatic nitrogens is 2. The first-order valence-corrected chi connectivity index (χ1v) is 3.51. The van der Waals surface area contributed by atoms with Crippen LogP contribution in [-0.4, -0.2) is 22.2 Å². The van der Waals surface area contributed by atoms with Crippen LogP contribution in [-0.2, 0) is 0 Å². The van der Waals surface area contributed by atoms with E-state index in [0.29, 0.717) is 5.75 Å². The first-order chi connectivity index (χ1) is 5.81. The average molecular weight is 164 g/mol. The molecule has 2 heterocycles. The van der Waals surface area contributed by atoms with Gasteiger partial charge >= 0.3 is 0 Å². The highest BCUT2D eigenvalue weighted by Gasteiger charge is 2.04. The Morgan fingerprint density at radius 3 is 3.08 bits per heavy atom. The summed E-state index contributed by atoms with van der Waals surface area (Å²) in [6, 6.07) is 1.61. The molecule has 0 aromatic carbocycles. The summed E-state index contributed by atoms with van der Waals surface area (Å²) in [5.74, 6) is 0.778. The van der Waals surface area contributed by atoms with Gasteiger partial charge in [-0.05, 0) is 0 Å². The third kappa shape index (κ3) is 0.887. The Kier molecular flexibility index (Phi) is 1.40. The van der Waals surface area contributed by atoms with E-state index in [1.54, 1.807) is 25.6 Å². The summed E-state index contributed by atoms with van der Waals surface area (Å²) in [4.78, 5) is 6.68. The van der Waals surface area contributed by atoms with Gasteiger partial charge in [-0.15, -0.1) is 0 Å². The minimum Gasteiger partial charge on any atom is -0.495 e. The van der Waals surface area contributed by atoms with Crippen molar-refractivity contribution < 1.29 is 9.84 Å². The number of aromatic amines is 1. The Hall–Kier alpha value is -1.71. The number of H-pyrrole nitrogens is 1. The minimum atomic E-state index is 0.122. The number of nitrogens with one attached hydrogen (secondary N) is 1. The van der Waals surface area contributed by atoms with Crippen molar-refractivity contribution in [3.05, 3.63) is 18.5 Å². The molecule has 0 spiro atoms. The summed E-state index contributed by atoms with van der Waals surface area (Å²) in [6.45, 7) is 0. The lowest BCUT2D eigenvalue weighted by Crippen LogP contribution is -1.83. The van der Waals surface area contributed by atoms with Crippen LogP contribution < -0.4 is 4.74 Å². The second-order valence-corrected chi connectivity index (χ2v) is 2.46. The number of fused-ring (bicyclic) bond motifs is 1. The zero-order valence-electron chi connectivity index (χ0n) is 6.53. The topological polar surface area (TPSA) is 58.1 Å². The van der Waals surface area contributed by atoms with Gasteiger partial charge < -0.3 is 14.8 Å². The van der Waals surface area contributed by atoms with Crippen LogP contribution in [0.15, 0.2) is 18.5 Å². The summed E-state index contributed by atoms with van der Waals surface area (Å²) in [7, 11) is 1.57. The van der Waals surface area contributed by atoms with Crippen molar-refractivity contribution >= 4 is 10.9 Å². The highest BCUT2D eigenvalue weighted by Crippen LogP contribution is 2.26. The number of hydrogen-bond acceptors (Lipinski definition) is 3. The van der Waals surface area contributed by atoms with E-state index in [1.807, 2.05) is 0 Å². The van der Waals surface area contributed by atoms with Crippen molar-refractivity contribution in [3.63, 3.8) is 0 Å². The van der Waals surface area contributed by atoms with Gasteiger partial charge in [0.2, 0.25) is 0 Å². The van der Waals surface area contributed by atoms with Crippen molar-refractivity contribution in [2.24, 2.45) is 0 Å². The minimum absolute atomic E-state index is 0.122. The Labute approximate surface area is 68.8 Å². The van der Waals surface area contributed by atoms with E-state index < -0.39 is 0 Å². The molecule has 12 heavy (non-hydrogen) atoms. The van der Waals surface area contributed by atoms with E-state index in [4.69, 9.17) is 9.84 Å². The van der Waals surface area contributed by atoms with Gasteiger partial charge in [-0.25, -0.2) is 0 Å². The van der Waals surface area contributed by atoms with Crippen molar-refractivity contribution in [2.45, 2.75) is 0 Å². The van der Waals surface area contributed by atoms with Crippen LogP contribution in [0.2, 0.25) is 0 Å². The Bertz CT molecular complexity index is 408. The highest BCUT2D eigenvalue weighted by atomic mass is 16.5. The number of pyridine rings is 1. The molecule has 0 radical (unpaired) electrons. The van der Waals surface area contributed by atoms with Gasteiger partial charge in [-0.3, -0.25) is 4.98 Å². The Morgan fingerprint density at radius 1 is 1.50 bits per heavy atom. The van der Waals surface area contributed by atoms with Gasteiger partial charge in [0.05, 0.1) is 25.0 Å². The molecule has 0 saturated heterocycles. The van der Waals surface area contributed by atoms with Gasteiger partial charge in [0, 0.05) is 11.5 Å². The summed E-state index contributed by atoms with van der Waals surface area (Å²) in [5.41, 5.74) is 0.770. The molecule has 4 nitrogen and oxygen atoms in total. The molecule has 2 aromatic rings. The van der Waals surface area contributed by atoms with Crippen LogP contribution in [0.3, 0.4) is 0 Å². The van der Waals surface area contributed by atoms with E-state index in [-0.39, 0.29) is 5.88 Å². The molecular formula is C8H8N2O2. The van der Waals surface area contributed by atoms with Gasteiger partial charge in [-0.1, -0.05) is 0 Å². The third-order valence-electron chi connectivity index (χ3n) is 1.71. The lowest BCUT2D eigenvalue weighted by atomic mass is 10.3. The fourth-order valence-corrected chi connectivity index (χ4v) is 1.17. The van der Waals surface area contributed by atoms with E-state index in [1.165, 1.54) is 0 Å². The maximum absolute atomic E-state index is 9.14. The fourth-order valence-electron chi connectivity index (χ4n) is 1.17. The second kappa shape index (κ2) is 2.41. The lowest BCUT2D eigenvalue weighted by molar-refractivity contribution is 0.418. The first kappa shape index (κ1) is 6.97. The fraction of sp³-hybridized carbons (Fsp3) is 0.125. The molecule has 0 saturated carbocycles. The quantitative estimate of drug-likeness (QED) is 0.667. The molecule has 2 rings (SSSR count). The number of rotatable bonds is 1. The SMILES string of the molecule is COc1cncc2[nH]c(O)cc12. The van der Waals surface area contributed by atoms with Crippen molar-refractivity contribution in [3.8, 4) is 11.6 Å². The molecule has 4 heteroatoms. The van der Waals surface area contributed by atoms with Gasteiger partial charge in [-0.2, -0.15) is 0 Å². The monoisotopic (exact) mass is 164 g/mol. The normalized spacial score (nSPS) is 10.4. The van der Waals surface area contributed by atoms with E-state index in [9.17, 15) is 0 Å². The van der Waals surface area contributed by atoms with Crippen LogP contribution in [0.1, 0.15) is 0 Å². The third-order valence-corrected chi connectivity index (χ3v) is 1.71. The largest absolute Gasteiger partial charge is 0.495 e. The molecule has 0 unspecified atom stereocenters. The predicted octanol–water partition coefficient (Wildman–Crippen LogP) is 1.28. The molecule has 0 aliphatic carbocycles. The predicted molar refractivity (Wildman–Crippen MR) is 44.3 cm³/mol. The van der Waals surface area contributed by atoms with Crippen LogP contribution in [0.5, 0.6) is 11.6 Å². The molecule has 0 bridgehead atoms.